The number of esters is 2. The molecule has 4 aromatic rings. The normalized spacial score (nSPS) is 11.0. The number of carbonyl (C=O) groups excluding carboxylic acids is 3. The minimum absolute atomic E-state index is 0.0118. The lowest BCUT2D eigenvalue weighted by atomic mass is 10.0. The molecular formula is C26H23NO8. The highest BCUT2D eigenvalue weighted by Crippen LogP contribution is 2.30. The maximum absolute atomic E-state index is 13.8. The van der Waals surface area contributed by atoms with E-state index in [1.165, 1.54) is 17.6 Å². The van der Waals surface area contributed by atoms with Crippen LogP contribution in [0.25, 0.3) is 16.5 Å². The zero-order valence-corrected chi connectivity index (χ0v) is 19.7. The van der Waals surface area contributed by atoms with Gasteiger partial charge in [-0.05, 0) is 50.6 Å². The number of para-hydroxylation sites is 1. The topological polar surface area (TPSA) is 114 Å². The number of hydrogen-bond acceptors (Lipinski definition) is 8. The summed E-state index contributed by atoms with van der Waals surface area (Å²) in [5, 5.41) is 0.451. The van der Waals surface area contributed by atoms with Crippen LogP contribution in [-0.4, -0.2) is 42.4 Å². The quantitative estimate of drug-likeness (QED) is 0.223. The number of benzene rings is 1. The predicted molar refractivity (Wildman–Crippen MR) is 127 cm³/mol. The van der Waals surface area contributed by atoms with Crippen molar-refractivity contribution in [2.45, 2.75) is 20.8 Å². The number of ketones is 1. The second-order valence-electron chi connectivity index (χ2n) is 7.65. The summed E-state index contributed by atoms with van der Waals surface area (Å²) in [6, 6.07) is 9.71. The number of aryl methyl sites for hydroxylation is 1. The van der Waals surface area contributed by atoms with Gasteiger partial charge in [-0.1, -0.05) is 12.1 Å². The van der Waals surface area contributed by atoms with Gasteiger partial charge in [0.05, 0.1) is 25.8 Å². The predicted octanol–water partition coefficient (Wildman–Crippen LogP) is 3.95. The van der Waals surface area contributed by atoms with Crippen LogP contribution in [0.3, 0.4) is 0 Å². The molecule has 0 saturated heterocycles. The van der Waals surface area contributed by atoms with E-state index in [0.29, 0.717) is 11.1 Å². The molecule has 180 valence electrons. The van der Waals surface area contributed by atoms with Crippen molar-refractivity contribution < 1.29 is 33.0 Å². The lowest BCUT2D eigenvalue weighted by molar-refractivity contribution is 0.0480. The fourth-order valence-electron chi connectivity index (χ4n) is 3.96. The highest BCUT2D eigenvalue weighted by Gasteiger charge is 2.34. The van der Waals surface area contributed by atoms with E-state index in [1.54, 1.807) is 57.3 Å². The molecule has 0 unspecified atom stereocenters. The Balaban J connectivity index is 2.05. The van der Waals surface area contributed by atoms with Gasteiger partial charge in [-0.25, -0.2) is 14.4 Å². The second kappa shape index (κ2) is 9.46. The Morgan fingerprint density at radius 3 is 2.31 bits per heavy atom. The largest absolute Gasteiger partial charge is 0.493 e. The number of aromatic nitrogens is 1. The van der Waals surface area contributed by atoms with Gasteiger partial charge in [0.25, 0.3) is 0 Å². The van der Waals surface area contributed by atoms with E-state index in [0.717, 1.165) is 5.56 Å². The van der Waals surface area contributed by atoms with E-state index in [2.05, 4.69) is 0 Å². The van der Waals surface area contributed by atoms with E-state index >= 15 is 0 Å². The molecule has 35 heavy (non-hydrogen) atoms. The number of carbonyl (C=O) groups is 3. The molecule has 3 heterocycles. The van der Waals surface area contributed by atoms with Gasteiger partial charge in [-0.15, -0.1) is 0 Å². The fraction of sp³-hybridized carbons (Fsp3) is 0.231. The number of ether oxygens (including phenoxy) is 3. The van der Waals surface area contributed by atoms with Gasteiger partial charge in [-0.3, -0.25) is 4.79 Å². The van der Waals surface area contributed by atoms with Crippen molar-refractivity contribution in [1.82, 2.24) is 4.40 Å². The monoisotopic (exact) mass is 477 g/mol. The third kappa shape index (κ3) is 4.05. The molecule has 9 heteroatoms. The van der Waals surface area contributed by atoms with E-state index in [9.17, 15) is 19.2 Å². The average molecular weight is 477 g/mol. The van der Waals surface area contributed by atoms with E-state index in [1.807, 2.05) is 0 Å². The van der Waals surface area contributed by atoms with E-state index in [4.69, 9.17) is 18.6 Å². The highest BCUT2D eigenvalue weighted by atomic mass is 16.5. The number of fused-ring (bicyclic) bond motifs is 2. The third-order valence-corrected chi connectivity index (χ3v) is 5.46. The van der Waals surface area contributed by atoms with Crippen LogP contribution in [0.5, 0.6) is 5.75 Å². The summed E-state index contributed by atoms with van der Waals surface area (Å²) in [5.74, 6) is -2.14. The number of nitrogens with zero attached hydrogens (tertiary/aromatic N) is 1. The Bertz CT molecular complexity index is 1540. The number of pyridine rings is 1. The molecule has 3 aromatic heterocycles. The summed E-state index contributed by atoms with van der Waals surface area (Å²) in [4.78, 5) is 52.7. The van der Waals surface area contributed by atoms with Crippen LogP contribution in [0.1, 0.15) is 56.2 Å². The molecule has 0 amide bonds. The number of rotatable bonds is 7. The van der Waals surface area contributed by atoms with Crippen LogP contribution >= 0.6 is 0 Å². The highest BCUT2D eigenvalue weighted by molar-refractivity contribution is 6.20. The van der Waals surface area contributed by atoms with Crippen molar-refractivity contribution >= 4 is 34.2 Å². The van der Waals surface area contributed by atoms with Crippen molar-refractivity contribution in [2.75, 3.05) is 20.3 Å². The smallest absolute Gasteiger partial charge is 0.347 e. The lowest BCUT2D eigenvalue weighted by Gasteiger charge is -2.08. The van der Waals surface area contributed by atoms with Gasteiger partial charge in [0.15, 0.2) is 11.3 Å². The first kappa shape index (κ1) is 23.7. The molecule has 0 atom stereocenters. The van der Waals surface area contributed by atoms with Crippen LogP contribution in [0, 0.1) is 6.92 Å². The van der Waals surface area contributed by atoms with Gasteiger partial charge >= 0.3 is 17.6 Å². The van der Waals surface area contributed by atoms with Gasteiger partial charge in [-0.2, -0.15) is 0 Å². The molecule has 0 saturated carbocycles. The van der Waals surface area contributed by atoms with Crippen molar-refractivity contribution in [3.8, 4) is 5.75 Å². The van der Waals surface area contributed by atoms with Crippen molar-refractivity contribution in [3.63, 3.8) is 0 Å². The Morgan fingerprint density at radius 1 is 0.971 bits per heavy atom. The maximum atomic E-state index is 13.8. The summed E-state index contributed by atoms with van der Waals surface area (Å²) in [7, 11) is 1.44. The molecule has 0 radical (unpaired) electrons. The van der Waals surface area contributed by atoms with Crippen molar-refractivity contribution in [1.29, 1.82) is 0 Å². The van der Waals surface area contributed by atoms with Crippen molar-refractivity contribution in [3.05, 3.63) is 81.0 Å². The molecule has 0 aliphatic rings. The van der Waals surface area contributed by atoms with Gasteiger partial charge in [0.1, 0.15) is 22.4 Å². The number of methoxy groups -OCH3 is 1. The lowest BCUT2D eigenvalue weighted by Crippen LogP contribution is -2.20. The molecule has 0 fully saturated rings. The standard InChI is InChI=1S/C26H23NO8/c1-5-33-25(30)19-17-12-14(3)10-11-27(17)21(20(19)26(31)34-6-2)22(28)16-13-15-8-7-9-18(32-4)23(15)35-24(16)29/h7-13H,5-6H2,1-4H3. The van der Waals surface area contributed by atoms with Crippen LogP contribution in [0.4, 0.5) is 0 Å². The molecule has 1 aromatic carbocycles. The SMILES string of the molecule is CCOC(=O)c1c(C(=O)OCC)c2cc(C)ccn2c1C(=O)c1cc2cccc(OC)c2oc1=O. The minimum atomic E-state index is -0.915. The summed E-state index contributed by atoms with van der Waals surface area (Å²) in [6.07, 6.45) is 1.55. The van der Waals surface area contributed by atoms with Crippen LogP contribution in [0.2, 0.25) is 0 Å². The molecule has 9 nitrogen and oxygen atoms in total. The Morgan fingerprint density at radius 2 is 1.66 bits per heavy atom. The Labute approximate surface area is 199 Å². The molecule has 0 bridgehead atoms. The zero-order valence-electron chi connectivity index (χ0n) is 19.7. The third-order valence-electron chi connectivity index (χ3n) is 5.46. The Hall–Kier alpha value is -4.40. The second-order valence-corrected chi connectivity index (χ2v) is 7.65. The van der Waals surface area contributed by atoms with Gasteiger partial charge < -0.3 is 23.0 Å². The zero-order chi connectivity index (χ0) is 25.3. The maximum Gasteiger partial charge on any atom is 0.347 e. The Kier molecular flexibility index (Phi) is 6.42. The first-order valence-electron chi connectivity index (χ1n) is 11.0. The van der Waals surface area contributed by atoms with E-state index < -0.39 is 23.3 Å². The summed E-state index contributed by atoms with van der Waals surface area (Å²) in [5.41, 5.74) is -0.557. The van der Waals surface area contributed by atoms with Crippen LogP contribution in [0.15, 0.2) is 51.8 Å². The van der Waals surface area contributed by atoms with Gasteiger partial charge in [0.2, 0.25) is 5.78 Å². The number of hydrogen-bond donors (Lipinski definition) is 0. The molecular weight excluding hydrogens is 454 g/mol. The summed E-state index contributed by atoms with van der Waals surface area (Å²) in [6.45, 7) is 5.11. The summed E-state index contributed by atoms with van der Waals surface area (Å²) >= 11 is 0. The molecule has 0 N–H and O–H groups in total. The average Bonchev–Trinajstić information content (AvgIpc) is 3.17. The molecule has 0 aliphatic carbocycles. The first-order chi connectivity index (χ1) is 16.8. The molecule has 4 rings (SSSR count). The van der Waals surface area contributed by atoms with Crippen LogP contribution < -0.4 is 10.4 Å². The molecule has 0 aliphatic heterocycles. The van der Waals surface area contributed by atoms with Crippen LogP contribution in [-0.2, 0) is 9.47 Å². The fourth-order valence-corrected chi connectivity index (χ4v) is 3.96. The van der Waals surface area contributed by atoms with E-state index in [-0.39, 0.29) is 46.7 Å². The first-order valence-corrected chi connectivity index (χ1v) is 11.0. The summed E-state index contributed by atoms with van der Waals surface area (Å²) < 4.78 is 22.4. The van der Waals surface area contributed by atoms with Gasteiger partial charge in [0, 0.05) is 11.6 Å². The van der Waals surface area contributed by atoms with Crippen molar-refractivity contribution in [2.24, 2.45) is 0 Å². The minimum Gasteiger partial charge on any atom is -0.493 e. The molecule has 0 spiro atoms.